The van der Waals surface area contributed by atoms with Gasteiger partial charge in [0.1, 0.15) is 5.75 Å². The van der Waals surface area contributed by atoms with Gasteiger partial charge in [-0.1, -0.05) is 41.1 Å². The van der Waals surface area contributed by atoms with Crippen molar-refractivity contribution >= 4 is 40.6 Å². The number of amides is 1. The Kier molecular flexibility index (Phi) is 7.72. The average molecular weight is 494 g/mol. The molecule has 1 heterocycles. The molecule has 7 nitrogen and oxygen atoms in total. The van der Waals surface area contributed by atoms with Crippen LogP contribution in [0.3, 0.4) is 0 Å². The van der Waals surface area contributed by atoms with Gasteiger partial charge in [0.25, 0.3) is 0 Å². The third-order valence-electron chi connectivity index (χ3n) is 4.99. The molecule has 2 N–H and O–H groups in total. The van der Waals surface area contributed by atoms with E-state index in [0.29, 0.717) is 22.4 Å². The molecule has 0 aliphatic rings. The number of ether oxygens (including phenoxy) is 1. The summed E-state index contributed by atoms with van der Waals surface area (Å²) in [6.07, 6.45) is 0. The van der Waals surface area contributed by atoms with Gasteiger partial charge < -0.3 is 15.4 Å². The van der Waals surface area contributed by atoms with Crippen LogP contribution in [-0.2, 0) is 11.3 Å². The number of halogens is 1. The van der Waals surface area contributed by atoms with Crippen LogP contribution in [0.5, 0.6) is 5.75 Å². The highest BCUT2D eigenvalue weighted by molar-refractivity contribution is 7.99. The van der Waals surface area contributed by atoms with Gasteiger partial charge in [-0.2, -0.15) is 0 Å². The molecule has 0 bridgehead atoms. The second kappa shape index (κ2) is 11.1. The second-order valence-corrected chi connectivity index (χ2v) is 8.87. The zero-order chi connectivity index (χ0) is 23.9. The molecule has 3 aromatic carbocycles. The lowest BCUT2D eigenvalue weighted by atomic mass is 10.2. The number of benzene rings is 3. The number of carbonyl (C=O) groups excluding carboxylic acids is 1. The van der Waals surface area contributed by atoms with Gasteiger partial charge in [-0.3, -0.25) is 9.36 Å². The van der Waals surface area contributed by atoms with Gasteiger partial charge in [-0.25, -0.2) is 0 Å². The molecule has 0 spiro atoms. The number of methoxy groups -OCH3 is 1. The van der Waals surface area contributed by atoms with Crippen LogP contribution in [0.4, 0.5) is 11.4 Å². The first-order valence-corrected chi connectivity index (χ1v) is 12.0. The van der Waals surface area contributed by atoms with Crippen molar-refractivity contribution in [3.05, 3.63) is 89.2 Å². The number of carbonyl (C=O) groups is 1. The summed E-state index contributed by atoms with van der Waals surface area (Å²) in [7, 11) is 1.64. The summed E-state index contributed by atoms with van der Waals surface area (Å²) in [6.45, 7) is 2.50. The fourth-order valence-corrected chi connectivity index (χ4v) is 4.11. The molecule has 1 amide bonds. The summed E-state index contributed by atoms with van der Waals surface area (Å²) in [6, 6.07) is 22.8. The lowest BCUT2D eigenvalue weighted by Crippen LogP contribution is -2.14. The maximum Gasteiger partial charge on any atom is 0.234 e. The topological polar surface area (TPSA) is 81.1 Å². The number of nitrogens with zero attached hydrogens (tertiary/aromatic N) is 3. The van der Waals surface area contributed by atoms with Crippen molar-refractivity contribution in [1.29, 1.82) is 0 Å². The Morgan fingerprint density at radius 1 is 0.971 bits per heavy atom. The summed E-state index contributed by atoms with van der Waals surface area (Å²) < 4.78 is 7.18. The van der Waals surface area contributed by atoms with E-state index in [1.54, 1.807) is 31.4 Å². The standard InChI is InChI=1S/C25H24ClN5O2S/c1-17-3-11-21(12-4-17)31-23(15-27-19-9-13-22(33-2)14-10-19)29-30-25(31)34-16-24(32)28-20-7-5-18(26)6-8-20/h3-14,27H,15-16H2,1-2H3,(H,28,32). The van der Waals surface area contributed by atoms with Gasteiger partial charge in [0, 0.05) is 22.1 Å². The van der Waals surface area contributed by atoms with E-state index in [1.165, 1.54) is 11.8 Å². The van der Waals surface area contributed by atoms with Crippen molar-refractivity contribution in [3.8, 4) is 11.4 Å². The van der Waals surface area contributed by atoms with Crippen LogP contribution in [0.2, 0.25) is 5.02 Å². The minimum absolute atomic E-state index is 0.135. The molecular weight excluding hydrogens is 470 g/mol. The van der Waals surface area contributed by atoms with E-state index in [-0.39, 0.29) is 11.7 Å². The number of hydrogen-bond acceptors (Lipinski definition) is 6. The second-order valence-electron chi connectivity index (χ2n) is 7.50. The molecule has 34 heavy (non-hydrogen) atoms. The average Bonchev–Trinajstić information content (AvgIpc) is 3.26. The molecule has 1 aromatic heterocycles. The highest BCUT2D eigenvalue weighted by Gasteiger charge is 2.16. The summed E-state index contributed by atoms with van der Waals surface area (Å²) in [5.41, 5.74) is 3.73. The van der Waals surface area contributed by atoms with E-state index in [4.69, 9.17) is 16.3 Å². The molecular formula is C25H24ClN5O2S. The Bertz CT molecular complexity index is 1240. The van der Waals surface area contributed by atoms with Gasteiger partial charge in [0.2, 0.25) is 5.91 Å². The minimum atomic E-state index is -0.135. The van der Waals surface area contributed by atoms with Gasteiger partial charge in [-0.05, 0) is 67.6 Å². The monoisotopic (exact) mass is 493 g/mol. The molecule has 0 saturated heterocycles. The van der Waals surface area contributed by atoms with Crippen molar-refractivity contribution in [2.24, 2.45) is 0 Å². The smallest absolute Gasteiger partial charge is 0.234 e. The van der Waals surface area contributed by atoms with Crippen LogP contribution < -0.4 is 15.4 Å². The van der Waals surface area contributed by atoms with Crippen LogP contribution in [0.25, 0.3) is 5.69 Å². The fourth-order valence-electron chi connectivity index (χ4n) is 3.21. The molecule has 0 unspecified atom stereocenters. The molecule has 4 rings (SSSR count). The van der Waals surface area contributed by atoms with Crippen LogP contribution >= 0.6 is 23.4 Å². The van der Waals surface area contributed by atoms with Crippen molar-refractivity contribution in [2.75, 3.05) is 23.5 Å². The van der Waals surface area contributed by atoms with Crippen LogP contribution in [0.1, 0.15) is 11.4 Å². The summed E-state index contributed by atoms with van der Waals surface area (Å²) in [5.74, 6) is 1.59. The van der Waals surface area contributed by atoms with Gasteiger partial charge >= 0.3 is 0 Å². The number of rotatable bonds is 9. The normalized spacial score (nSPS) is 10.7. The predicted octanol–water partition coefficient (Wildman–Crippen LogP) is 5.58. The van der Waals surface area contributed by atoms with Crippen molar-refractivity contribution in [2.45, 2.75) is 18.6 Å². The number of hydrogen-bond donors (Lipinski definition) is 2. The molecule has 0 aliphatic carbocycles. The molecule has 4 aromatic rings. The first-order chi connectivity index (χ1) is 16.5. The first kappa shape index (κ1) is 23.7. The Hall–Kier alpha value is -3.49. The van der Waals surface area contributed by atoms with Crippen LogP contribution in [0, 0.1) is 6.92 Å². The van der Waals surface area contributed by atoms with Crippen molar-refractivity contribution in [3.63, 3.8) is 0 Å². The maximum atomic E-state index is 12.5. The van der Waals surface area contributed by atoms with E-state index in [0.717, 1.165) is 28.5 Å². The SMILES string of the molecule is COc1ccc(NCc2nnc(SCC(=O)Nc3ccc(Cl)cc3)n2-c2ccc(C)cc2)cc1. The van der Waals surface area contributed by atoms with Crippen molar-refractivity contribution in [1.82, 2.24) is 14.8 Å². The Balaban J connectivity index is 1.49. The molecule has 0 aliphatic heterocycles. The van der Waals surface area contributed by atoms with E-state index >= 15 is 0 Å². The molecule has 0 radical (unpaired) electrons. The highest BCUT2D eigenvalue weighted by Crippen LogP contribution is 2.24. The Morgan fingerprint density at radius 3 is 2.32 bits per heavy atom. The minimum Gasteiger partial charge on any atom is -0.497 e. The van der Waals surface area contributed by atoms with Crippen molar-refractivity contribution < 1.29 is 9.53 Å². The third kappa shape index (κ3) is 6.09. The molecule has 9 heteroatoms. The molecule has 0 atom stereocenters. The lowest BCUT2D eigenvalue weighted by Gasteiger charge is -2.12. The van der Waals surface area contributed by atoms with E-state index in [2.05, 4.69) is 20.8 Å². The summed E-state index contributed by atoms with van der Waals surface area (Å²) >= 11 is 7.24. The largest absolute Gasteiger partial charge is 0.497 e. The van der Waals surface area contributed by atoms with Gasteiger partial charge in [0.15, 0.2) is 11.0 Å². The number of aryl methyl sites for hydroxylation is 1. The fraction of sp³-hybridized carbons (Fsp3) is 0.160. The predicted molar refractivity (Wildman–Crippen MR) is 137 cm³/mol. The zero-order valence-electron chi connectivity index (χ0n) is 18.8. The quantitative estimate of drug-likeness (QED) is 0.296. The van der Waals surface area contributed by atoms with Crippen LogP contribution in [-0.4, -0.2) is 33.5 Å². The van der Waals surface area contributed by atoms with Gasteiger partial charge in [0.05, 0.1) is 19.4 Å². The third-order valence-corrected chi connectivity index (χ3v) is 6.17. The van der Waals surface area contributed by atoms with E-state index in [1.807, 2.05) is 60.0 Å². The summed E-state index contributed by atoms with van der Waals surface area (Å²) in [4.78, 5) is 12.5. The number of anilines is 2. The lowest BCUT2D eigenvalue weighted by molar-refractivity contribution is -0.113. The van der Waals surface area contributed by atoms with E-state index in [9.17, 15) is 4.79 Å². The number of thioether (sulfide) groups is 1. The Labute approximate surface area is 207 Å². The first-order valence-electron chi connectivity index (χ1n) is 10.6. The highest BCUT2D eigenvalue weighted by atomic mass is 35.5. The maximum absolute atomic E-state index is 12.5. The zero-order valence-corrected chi connectivity index (χ0v) is 20.4. The number of nitrogens with one attached hydrogen (secondary N) is 2. The molecule has 0 saturated carbocycles. The Morgan fingerprint density at radius 2 is 1.65 bits per heavy atom. The molecule has 0 fully saturated rings. The molecule has 174 valence electrons. The van der Waals surface area contributed by atoms with Gasteiger partial charge in [-0.15, -0.1) is 10.2 Å². The number of aromatic nitrogens is 3. The van der Waals surface area contributed by atoms with E-state index < -0.39 is 0 Å². The summed E-state index contributed by atoms with van der Waals surface area (Å²) in [5, 5.41) is 16.3. The van der Waals surface area contributed by atoms with Crippen LogP contribution in [0.15, 0.2) is 78.0 Å².